The van der Waals surface area contributed by atoms with Crippen molar-refractivity contribution in [1.29, 1.82) is 0 Å². The molecule has 3 rings (SSSR count). The van der Waals surface area contributed by atoms with Gasteiger partial charge in [0, 0.05) is 37.5 Å². The lowest BCUT2D eigenvalue weighted by Gasteiger charge is -2.33. The second-order valence-electron chi connectivity index (χ2n) is 7.68. The number of likely N-dealkylation sites (tertiary alicyclic amines) is 1. The normalized spacial score (nSPS) is 17.4. The van der Waals surface area contributed by atoms with Crippen LogP contribution in [0.15, 0.2) is 10.9 Å². The number of alkyl halides is 3. The van der Waals surface area contributed by atoms with Crippen LogP contribution in [-0.2, 0) is 15.8 Å². The maximum Gasteiger partial charge on any atom is 0.417 e. The van der Waals surface area contributed by atoms with Crippen molar-refractivity contribution >= 4 is 22.7 Å². The van der Waals surface area contributed by atoms with Crippen molar-refractivity contribution in [3.8, 4) is 0 Å². The van der Waals surface area contributed by atoms with Crippen LogP contribution in [0.3, 0.4) is 0 Å². The highest BCUT2D eigenvalue weighted by Gasteiger charge is 2.36. The summed E-state index contributed by atoms with van der Waals surface area (Å²) < 4.78 is 41.0. The maximum absolute atomic E-state index is 13.7. The monoisotopic (exact) mass is 424 g/mol. The molecule has 2 aromatic heterocycles. The highest BCUT2D eigenvalue weighted by molar-refractivity contribution is 5.80. The van der Waals surface area contributed by atoms with Crippen molar-refractivity contribution in [2.45, 2.75) is 58.0 Å². The molecule has 1 fully saturated rings. The summed E-state index contributed by atoms with van der Waals surface area (Å²) in [6.07, 6.45) is -2.53. The van der Waals surface area contributed by atoms with Crippen molar-refractivity contribution in [3.63, 3.8) is 0 Å². The minimum atomic E-state index is -4.74. The first-order chi connectivity index (χ1) is 14.1. The summed E-state index contributed by atoms with van der Waals surface area (Å²) in [6.45, 7) is 3.71. The summed E-state index contributed by atoms with van der Waals surface area (Å²) in [7, 11) is 0. The van der Waals surface area contributed by atoms with E-state index in [-0.39, 0.29) is 47.7 Å². The summed E-state index contributed by atoms with van der Waals surface area (Å²) in [5.74, 6) is -0.320. The van der Waals surface area contributed by atoms with Gasteiger partial charge in [-0.25, -0.2) is 9.97 Å². The lowest BCUT2D eigenvalue weighted by Crippen LogP contribution is -2.39. The first-order valence-corrected chi connectivity index (χ1v) is 9.82. The third kappa shape index (κ3) is 4.85. The van der Waals surface area contributed by atoms with Crippen LogP contribution in [0.2, 0.25) is 0 Å². The molecule has 0 unspecified atom stereocenters. The number of aromatic nitrogens is 3. The fraction of sp³-hybridized carbons (Fsp3) is 0.550. The molecule has 1 N–H and O–H groups in total. The van der Waals surface area contributed by atoms with Crippen molar-refractivity contribution in [2.24, 2.45) is 0 Å². The number of amides is 1. The van der Waals surface area contributed by atoms with Gasteiger partial charge in [-0.15, -0.1) is 0 Å². The number of halogens is 3. The van der Waals surface area contributed by atoms with E-state index in [0.717, 1.165) is 6.07 Å². The third-order valence-corrected chi connectivity index (χ3v) is 5.23. The molecule has 0 aliphatic carbocycles. The Labute approximate surface area is 170 Å². The molecule has 3 heterocycles. The molecular weight excluding hydrogens is 401 g/mol. The zero-order valence-electron chi connectivity index (χ0n) is 16.8. The van der Waals surface area contributed by atoms with Crippen molar-refractivity contribution < 1.29 is 22.8 Å². The Morgan fingerprint density at radius 1 is 1.27 bits per heavy atom. The fourth-order valence-corrected chi connectivity index (χ4v) is 3.79. The van der Waals surface area contributed by atoms with Crippen LogP contribution in [0.1, 0.15) is 62.0 Å². The average Bonchev–Trinajstić information content (AvgIpc) is 2.65. The Bertz CT molecular complexity index is 1030. The van der Waals surface area contributed by atoms with E-state index in [1.165, 1.54) is 13.8 Å². The molecule has 0 aromatic carbocycles. The molecule has 10 heteroatoms. The van der Waals surface area contributed by atoms with Gasteiger partial charge < -0.3 is 14.7 Å². The van der Waals surface area contributed by atoms with E-state index >= 15 is 0 Å². The quantitative estimate of drug-likeness (QED) is 0.796. The number of hydrogen-bond donors (Lipinski definition) is 1. The van der Waals surface area contributed by atoms with Gasteiger partial charge in [-0.1, -0.05) is 0 Å². The molecule has 0 spiro atoms. The number of rotatable bonds is 5. The number of Topliss-reactive ketones (excluding diaryl/α,β-unsaturated/α-hetero) is 1. The molecule has 1 amide bonds. The molecule has 162 valence electrons. The number of piperidine rings is 1. The molecule has 1 aliphatic rings. The van der Waals surface area contributed by atoms with Crippen molar-refractivity contribution in [1.82, 2.24) is 19.9 Å². The topological polar surface area (TPSA) is 96.0 Å². The zero-order chi connectivity index (χ0) is 22.1. The Hall–Kier alpha value is -2.78. The van der Waals surface area contributed by atoms with E-state index in [1.807, 2.05) is 0 Å². The second kappa shape index (κ2) is 8.53. The van der Waals surface area contributed by atoms with Gasteiger partial charge in [0.05, 0.1) is 10.9 Å². The third-order valence-electron chi connectivity index (χ3n) is 5.23. The minimum Gasteiger partial charge on any atom is -0.342 e. The minimum absolute atomic E-state index is 0.0112. The lowest BCUT2D eigenvalue weighted by atomic mass is 9.92. The SMILES string of the molecule is CC(=O)CCCC(=O)N1CCC[C@@H](c2cc(C(F)(F)F)c3c(=O)[nH]c(C)nc3n2)C1. The van der Waals surface area contributed by atoms with Crippen LogP contribution < -0.4 is 5.56 Å². The number of carbonyl (C=O) groups is 2. The highest BCUT2D eigenvalue weighted by atomic mass is 19.4. The zero-order valence-corrected chi connectivity index (χ0v) is 16.8. The maximum atomic E-state index is 13.7. The van der Waals surface area contributed by atoms with Gasteiger partial charge >= 0.3 is 6.18 Å². The second-order valence-corrected chi connectivity index (χ2v) is 7.68. The van der Waals surface area contributed by atoms with Crippen LogP contribution in [0.5, 0.6) is 0 Å². The molecule has 2 aromatic rings. The molecule has 0 radical (unpaired) electrons. The number of ketones is 1. The molecular formula is C20H23F3N4O3. The average molecular weight is 424 g/mol. The molecule has 30 heavy (non-hydrogen) atoms. The van der Waals surface area contributed by atoms with Crippen LogP contribution in [0.25, 0.3) is 11.0 Å². The summed E-state index contributed by atoms with van der Waals surface area (Å²) in [6, 6.07) is 0.906. The number of carbonyl (C=O) groups excluding carboxylic acids is 2. The smallest absolute Gasteiger partial charge is 0.342 e. The van der Waals surface area contributed by atoms with Gasteiger partial charge in [-0.05, 0) is 39.2 Å². The number of nitrogens with zero attached hydrogens (tertiary/aromatic N) is 3. The van der Waals surface area contributed by atoms with E-state index in [2.05, 4.69) is 15.0 Å². The number of aryl methyl sites for hydroxylation is 1. The number of H-pyrrole nitrogens is 1. The van der Waals surface area contributed by atoms with Crippen LogP contribution in [0.4, 0.5) is 13.2 Å². The summed E-state index contributed by atoms with van der Waals surface area (Å²) in [5.41, 5.74) is -2.02. The molecule has 0 saturated carbocycles. The number of hydrogen-bond acceptors (Lipinski definition) is 5. The van der Waals surface area contributed by atoms with Gasteiger partial charge in [0.2, 0.25) is 5.91 Å². The van der Waals surface area contributed by atoms with Crippen LogP contribution >= 0.6 is 0 Å². The molecule has 1 aliphatic heterocycles. The lowest BCUT2D eigenvalue weighted by molar-refractivity contribution is -0.136. The van der Waals surface area contributed by atoms with Crippen molar-refractivity contribution in [2.75, 3.05) is 13.1 Å². The van der Waals surface area contributed by atoms with E-state index in [0.29, 0.717) is 32.2 Å². The number of nitrogens with one attached hydrogen (secondary N) is 1. The molecule has 1 atom stereocenters. The van der Waals surface area contributed by atoms with E-state index < -0.39 is 22.7 Å². The molecule has 7 nitrogen and oxygen atoms in total. The van der Waals surface area contributed by atoms with Gasteiger partial charge in [-0.3, -0.25) is 9.59 Å². The first kappa shape index (κ1) is 21.9. The van der Waals surface area contributed by atoms with Crippen LogP contribution in [-0.4, -0.2) is 44.6 Å². The van der Waals surface area contributed by atoms with Gasteiger partial charge in [0.1, 0.15) is 11.6 Å². The summed E-state index contributed by atoms with van der Waals surface area (Å²) >= 11 is 0. The molecule has 0 bridgehead atoms. The van der Waals surface area contributed by atoms with Gasteiger partial charge in [0.25, 0.3) is 5.56 Å². The molecule has 1 saturated heterocycles. The summed E-state index contributed by atoms with van der Waals surface area (Å²) in [5, 5.41) is -0.579. The van der Waals surface area contributed by atoms with Crippen LogP contribution in [0, 0.1) is 6.92 Å². The Balaban J connectivity index is 1.91. The largest absolute Gasteiger partial charge is 0.417 e. The van der Waals surface area contributed by atoms with E-state index in [4.69, 9.17) is 0 Å². The van der Waals surface area contributed by atoms with E-state index in [1.54, 1.807) is 4.90 Å². The summed E-state index contributed by atoms with van der Waals surface area (Å²) in [4.78, 5) is 47.8. The predicted octanol–water partition coefficient (Wildman–Crippen LogP) is 3.11. The predicted molar refractivity (Wildman–Crippen MR) is 103 cm³/mol. The highest BCUT2D eigenvalue weighted by Crippen LogP contribution is 2.36. The number of fused-ring (bicyclic) bond motifs is 1. The van der Waals surface area contributed by atoms with Crippen molar-refractivity contribution in [3.05, 3.63) is 33.5 Å². The van der Waals surface area contributed by atoms with E-state index in [9.17, 15) is 27.6 Å². The van der Waals surface area contributed by atoms with Gasteiger partial charge in [-0.2, -0.15) is 13.2 Å². The number of aromatic amines is 1. The standard InChI is InChI=1S/C20H23F3N4O3/c1-11(28)5-3-7-16(29)27-8-4-6-13(10-27)15-9-14(20(21,22)23)17-18(26-15)24-12(2)25-19(17)30/h9,13H,3-8,10H2,1-2H3,(H,24,25,26,30)/t13-/m1/s1. The number of pyridine rings is 1. The first-order valence-electron chi connectivity index (χ1n) is 9.82. The Morgan fingerprint density at radius 3 is 2.67 bits per heavy atom. The Kier molecular flexibility index (Phi) is 6.23. The Morgan fingerprint density at radius 2 is 2.00 bits per heavy atom. The van der Waals surface area contributed by atoms with Gasteiger partial charge in [0.15, 0.2) is 5.65 Å². The fourth-order valence-electron chi connectivity index (χ4n) is 3.79.